The van der Waals surface area contributed by atoms with Gasteiger partial charge in [0.25, 0.3) is 10.2 Å². The first-order valence-electron chi connectivity index (χ1n) is 4.06. The normalized spacial score (nSPS) is 11.0. The molecule has 0 aliphatic carbocycles. The average molecular weight is 229 g/mol. The molecule has 1 amide bonds. The molecule has 0 saturated heterocycles. The van der Waals surface area contributed by atoms with Gasteiger partial charge >= 0.3 is 0 Å². The highest BCUT2D eigenvalue weighted by atomic mass is 32.2. The smallest absolute Gasteiger partial charge is 0.298 e. The van der Waals surface area contributed by atoms with E-state index in [0.717, 1.165) is 0 Å². The number of anilines is 1. The van der Waals surface area contributed by atoms with E-state index < -0.39 is 16.1 Å². The average Bonchev–Trinajstić information content (AvgIpc) is 2.18. The summed E-state index contributed by atoms with van der Waals surface area (Å²) in [6, 6.07) is 5.79. The van der Waals surface area contributed by atoms with Crippen molar-refractivity contribution in [2.24, 2.45) is 5.73 Å². The highest BCUT2D eigenvalue weighted by Crippen LogP contribution is 2.09. The predicted octanol–water partition coefficient (Wildman–Crippen LogP) is -0.338. The third-order valence-corrected chi connectivity index (χ3v) is 2.73. The molecule has 4 N–H and O–H groups in total. The van der Waals surface area contributed by atoms with Crippen LogP contribution in [0.2, 0.25) is 0 Å². The van der Waals surface area contributed by atoms with Gasteiger partial charge in [0.15, 0.2) is 0 Å². The summed E-state index contributed by atoms with van der Waals surface area (Å²) in [4.78, 5) is 10.7. The van der Waals surface area contributed by atoms with Crippen LogP contribution >= 0.6 is 0 Å². The minimum Gasteiger partial charge on any atom is -0.366 e. The summed E-state index contributed by atoms with van der Waals surface area (Å²) in [5.74, 6) is -0.557. The lowest BCUT2D eigenvalue weighted by molar-refractivity contribution is 0.100. The second-order valence-electron chi connectivity index (χ2n) is 2.75. The second kappa shape index (κ2) is 4.28. The zero-order valence-electron chi connectivity index (χ0n) is 8.02. The van der Waals surface area contributed by atoms with Crippen LogP contribution in [0.15, 0.2) is 24.3 Å². The number of hydrogen-bond donors (Lipinski definition) is 3. The Labute approximate surface area is 87.7 Å². The maximum Gasteiger partial charge on any atom is 0.298 e. The fraction of sp³-hybridized carbons (Fsp3) is 0.125. The van der Waals surface area contributed by atoms with Crippen molar-refractivity contribution in [2.45, 2.75) is 0 Å². The van der Waals surface area contributed by atoms with Crippen LogP contribution in [0.5, 0.6) is 0 Å². The Kier molecular flexibility index (Phi) is 3.28. The Morgan fingerprint density at radius 1 is 1.27 bits per heavy atom. The highest BCUT2D eigenvalue weighted by molar-refractivity contribution is 7.90. The van der Waals surface area contributed by atoms with Crippen LogP contribution < -0.4 is 15.2 Å². The number of benzene rings is 1. The Morgan fingerprint density at radius 3 is 2.20 bits per heavy atom. The lowest BCUT2D eigenvalue weighted by atomic mass is 10.2. The van der Waals surface area contributed by atoms with Gasteiger partial charge in [-0.3, -0.25) is 9.52 Å². The summed E-state index contributed by atoms with van der Waals surface area (Å²) in [7, 11) is -2.23. The number of nitrogens with two attached hydrogens (primary N) is 1. The molecular formula is C8H11N3O3S. The zero-order chi connectivity index (χ0) is 11.5. The Bertz CT molecular complexity index is 453. The fourth-order valence-electron chi connectivity index (χ4n) is 0.909. The van der Waals surface area contributed by atoms with Crippen molar-refractivity contribution in [3.05, 3.63) is 29.8 Å². The quantitative estimate of drug-likeness (QED) is 0.658. The van der Waals surface area contributed by atoms with Crippen LogP contribution in [-0.4, -0.2) is 21.4 Å². The number of nitrogens with one attached hydrogen (secondary N) is 2. The second-order valence-corrected chi connectivity index (χ2v) is 4.37. The van der Waals surface area contributed by atoms with E-state index in [1.807, 2.05) is 0 Å². The molecule has 0 saturated carbocycles. The topological polar surface area (TPSA) is 101 Å². The maximum atomic E-state index is 11.1. The molecule has 0 fully saturated rings. The molecule has 0 aliphatic heterocycles. The summed E-state index contributed by atoms with van der Waals surface area (Å²) in [6.45, 7) is 0. The first-order valence-corrected chi connectivity index (χ1v) is 5.54. The molecule has 0 atom stereocenters. The predicted molar refractivity (Wildman–Crippen MR) is 56.6 cm³/mol. The van der Waals surface area contributed by atoms with E-state index in [-0.39, 0.29) is 0 Å². The van der Waals surface area contributed by atoms with Crippen LogP contribution in [0.1, 0.15) is 10.4 Å². The number of carbonyl (C=O) groups excluding carboxylic acids is 1. The molecule has 0 heterocycles. The molecule has 15 heavy (non-hydrogen) atoms. The van der Waals surface area contributed by atoms with Gasteiger partial charge < -0.3 is 5.73 Å². The van der Waals surface area contributed by atoms with Gasteiger partial charge in [-0.1, -0.05) is 0 Å². The van der Waals surface area contributed by atoms with Gasteiger partial charge in [-0.2, -0.15) is 8.42 Å². The lowest BCUT2D eigenvalue weighted by Crippen LogP contribution is -2.26. The lowest BCUT2D eigenvalue weighted by Gasteiger charge is -2.06. The Morgan fingerprint density at radius 2 is 1.80 bits per heavy atom. The van der Waals surface area contributed by atoms with Crippen LogP contribution in [0.3, 0.4) is 0 Å². The summed E-state index contributed by atoms with van der Waals surface area (Å²) >= 11 is 0. The van der Waals surface area contributed by atoms with Gasteiger partial charge in [0.2, 0.25) is 5.91 Å². The minimum atomic E-state index is -3.52. The molecule has 0 spiro atoms. The number of rotatable bonds is 4. The molecule has 0 aromatic heterocycles. The molecule has 82 valence electrons. The first kappa shape index (κ1) is 11.5. The van der Waals surface area contributed by atoms with Gasteiger partial charge in [0.05, 0.1) is 0 Å². The molecular weight excluding hydrogens is 218 g/mol. The summed E-state index contributed by atoms with van der Waals surface area (Å²) in [5, 5.41) is 0. The van der Waals surface area contributed by atoms with Crippen LogP contribution in [0.4, 0.5) is 5.69 Å². The van der Waals surface area contributed by atoms with E-state index in [9.17, 15) is 13.2 Å². The first-order chi connectivity index (χ1) is 6.94. The maximum absolute atomic E-state index is 11.1. The molecule has 1 aromatic carbocycles. The molecule has 1 aromatic rings. The van der Waals surface area contributed by atoms with Crippen molar-refractivity contribution in [2.75, 3.05) is 11.8 Å². The van der Waals surface area contributed by atoms with E-state index in [2.05, 4.69) is 9.44 Å². The largest absolute Gasteiger partial charge is 0.366 e. The monoisotopic (exact) mass is 229 g/mol. The van der Waals surface area contributed by atoms with Gasteiger partial charge in [-0.25, -0.2) is 4.72 Å². The van der Waals surface area contributed by atoms with Gasteiger partial charge in [0, 0.05) is 18.3 Å². The van der Waals surface area contributed by atoms with Crippen molar-refractivity contribution in [1.82, 2.24) is 4.72 Å². The van der Waals surface area contributed by atoms with Crippen molar-refractivity contribution >= 4 is 21.8 Å². The van der Waals surface area contributed by atoms with Crippen molar-refractivity contribution in [3.8, 4) is 0 Å². The van der Waals surface area contributed by atoms with E-state index in [4.69, 9.17) is 5.73 Å². The zero-order valence-corrected chi connectivity index (χ0v) is 8.84. The molecule has 0 bridgehead atoms. The molecule has 7 heteroatoms. The van der Waals surface area contributed by atoms with Crippen molar-refractivity contribution < 1.29 is 13.2 Å². The molecule has 0 unspecified atom stereocenters. The molecule has 0 radical (unpaired) electrons. The van der Waals surface area contributed by atoms with Gasteiger partial charge in [-0.15, -0.1) is 0 Å². The van der Waals surface area contributed by atoms with E-state index >= 15 is 0 Å². The molecule has 0 aliphatic rings. The molecule has 1 rings (SSSR count). The van der Waals surface area contributed by atoms with Crippen LogP contribution in [-0.2, 0) is 10.2 Å². The third kappa shape index (κ3) is 3.22. The van der Waals surface area contributed by atoms with Crippen LogP contribution in [0, 0.1) is 0 Å². The van der Waals surface area contributed by atoms with Gasteiger partial charge in [-0.05, 0) is 24.3 Å². The highest BCUT2D eigenvalue weighted by Gasteiger charge is 2.06. The Balaban J connectivity index is 2.86. The van der Waals surface area contributed by atoms with E-state index in [0.29, 0.717) is 11.3 Å². The Hall–Kier alpha value is -1.60. The third-order valence-electron chi connectivity index (χ3n) is 1.69. The summed E-state index contributed by atoms with van der Waals surface area (Å²) < 4.78 is 26.5. The summed E-state index contributed by atoms with van der Waals surface area (Å²) in [6.07, 6.45) is 0. The summed E-state index contributed by atoms with van der Waals surface area (Å²) in [5.41, 5.74) is 5.70. The van der Waals surface area contributed by atoms with E-state index in [1.54, 1.807) is 0 Å². The SMILES string of the molecule is CNS(=O)(=O)Nc1ccc(C(N)=O)cc1. The number of hydrogen-bond acceptors (Lipinski definition) is 3. The van der Waals surface area contributed by atoms with E-state index in [1.165, 1.54) is 31.3 Å². The number of primary amides is 1. The number of amides is 1. The minimum absolute atomic E-state index is 0.322. The van der Waals surface area contributed by atoms with Gasteiger partial charge in [0.1, 0.15) is 0 Å². The van der Waals surface area contributed by atoms with Crippen molar-refractivity contribution in [1.29, 1.82) is 0 Å². The fourth-order valence-corrected chi connectivity index (χ4v) is 1.46. The van der Waals surface area contributed by atoms with Crippen LogP contribution in [0.25, 0.3) is 0 Å². The standard InChI is InChI=1S/C8H11N3O3S/c1-10-15(13,14)11-7-4-2-6(3-5-7)8(9)12/h2-5,10-11H,1H3,(H2,9,12). The molecule has 6 nitrogen and oxygen atoms in total. The van der Waals surface area contributed by atoms with Crippen molar-refractivity contribution in [3.63, 3.8) is 0 Å². The number of carbonyl (C=O) groups is 1.